The van der Waals surface area contributed by atoms with E-state index in [1.807, 2.05) is 0 Å². The molecule has 0 saturated heterocycles. The van der Waals surface area contributed by atoms with Gasteiger partial charge in [0.05, 0.1) is 6.20 Å². The van der Waals surface area contributed by atoms with Gasteiger partial charge in [0.2, 0.25) is 5.13 Å². The smallest absolute Gasteiger partial charge is 0.204 e. The zero-order valence-corrected chi connectivity index (χ0v) is 10.9. The van der Waals surface area contributed by atoms with Crippen LogP contribution in [0.5, 0.6) is 0 Å². The number of hydrogen-bond acceptors (Lipinski definition) is 7. The van der Waals surface area contributed by atoms with Crippen molar-refractivity contribution < 1.29 is 17.5 Å². The number of rotatable bonds is 3. The standard InChI is InChI=1S/C6H12N2O4S3/c1-8(15(3,11)12)6-7-4-5(13-6)14(2,9)10/h4,11-12H,1-3H3. The molecule has 0 aliphatic carbocycles. The third kappa shape index (κ3) is 3.05. The van der Waals surface area contributed by atoms with Crippen LogP contribution in [0.25, 0.3) is 0 Å². The van der Waals surface area contributed by atoms with Gasteiger partial charge in [-0.25, -0.2) is 17.7 Å². The molecule has 2 N–H and O–H groups in total. The summed E-state index contributed by atoms with van der Waals surface area (Å²) in [5.41, 5.74) is 0. The van der Waals surface area contributed by atoms with Gasteiger partial charge in [-0.2, -0.15) is 0 Å². The minimum Gasteiger partial charge on any atom is -0.282 e. The van der Waals surface area contributed by atoms with E-state index >= 15 is 0 Å². The van der Waals surface area contributed by atoms with Crippen LogP contribution >= 0.6 is 22.1 Å². The summed E-state index contributed by atoms with van der Waals surface area (Å²) < 4.78 is 42.2. The SMILES string of the molecule is CN(c1ncc(S(C)(=O)=O)s1)S(C)(O)O. The molecule has 0 aromatic carbocycles. The molecule has 1 aromatic rings. The van der Waals surface area contributed by atoms with Crippen LogP contribution in [-0.4, -0.2) is 42.1 Å². The molecule has 1 heterocycles. The quantitative estimate of drug-likeness (QED) is 0.861. The molecular formula is C6H12N2O4S3. The maximum absolute atomic E-state index is 11.2. The summed E-state index contributed by atoms with van der Waals surface area (Å²) in [6, 6.07) is 0. The minimum absolute atomic E-state index is 0.105. The van der Waals surface area contributed by atoms with Crippen LogP contribution in [0.4, 0.5) is 5.13 Å². The van der Waals surface area contributed by atoms with Gasteiger partial charge in [0.25, 0.3) is 0 Å². The minimum atomic E-state index is -3.29. The fourth-order valence-corrected chi connectivity index (χ4v) is 3.19. The lowest BCUT2D eigenvalue weighted by Gasteiger charge is -2.36. The fourth-order valence-electron chi connectivity index (χ4n) is 0.716. The highest BCUT2D eigenvalue weighted by Crippen LogP contribution is 2.42. The van der Waals surface area contributed by atoms with Crippen molar-refractivity contribution >= 4 is 37.1 Å². The van der Waals surface area contributed by atoms with Crippen molar-refractivity contribution in [2.24, 2.45) is 0 Å². The summed E-state index contributed by atoms with van der Waals surface area (Å²) in [6.45, 7) is 0. The van der Waals surface area contributed by atoms with Gasteiger partial charge in [0, 0.05) is 19.6 Å². The summed E-state index contributed by atoms with van der Waals surface area (Å²) in [6.07, 6.45) is 3.53. The number of aromatic nitrogens is 1. The van der Waals surface area contributed by atoms with Gasteiger partial charge in [-0.3, -0.25) is 9.11 Å². The molecule has 0 fully saturated rings. The van der Waals surface area contributed by atoms with E-state index in [4.69, 9.17) is 0 Å². The van der Waals surface area contributed by atoms with E-state index in [2.05, 4.69) is 4.98 Å². The Morgan fingerprint density at radius 1 is 1.40 bits per heavy atom. The first kappa shape index (κ1) is 12.7. The Morgan fingerprint density at radius 2 is 1.93 bits per heavy atom. The molecule has 15 heavy (non-hydrogen) atoms. The number of sulfone groups is 1. The molecule has 0 bridgehead atoms. The van der Waals surface area contributed by atoms with Gasteiger partial charge >= 0.3 is 0 Å². The molecule has 0 spiro atoms. The molecule has 9 heteroatoms. The Labute approximate surface area is 94.0 Å². The number of thiazole rings is 1. The molecule has 1 rings (SSSR count). The summed E-state index contributed by atoms with van der Waals surface area (Å²) in [7, 11) is -4.74. The number of hydrogen-bond donors (Lipinski definition) is 2. The highest BCUT2D eigenvalue weighted by atomic mass is 32.3. The van der Waals surface area contributed by atoms with Gasteiger partial charge in [0.1, 0.15) is 4.21 Å². The Kier molecular flexibility index (Phi) is 3.31. The Balaban J connectivity index is 3.06. The van der Waals surface area contributed by atoms with Crippen molar-refractivity contribution in [1.29, 1.82) is 0 Å². The lowest BCUT2D eigenvalue weighted by Crippen LogP contribution is -2.20. The largest absolute Gasteiger partial charge is 0.282 e. The van der Waals surface area contributed by atoms with Crippen molar-refractivity contribution in [2.45, 2.75) is 4.21 Å². The van der Waals surface area contributed by atoms with Crippen LogP contribution in [0.1, 0.15) is 0 Å². The maximum Gasteiger partial charge on any atom is 0.204 e. The summed E-state index contributed by atoms with van der Waals surface area (Å²) in [4.78, 5) is 3.82. The zero-order valence-electron chi connectivity index (χ0n) is 8.41. The highest BCUT2D eigenvalue weighted by molar-refractivity contribution is 8.24. The Morgan fingerprint density at radius 3 is 2.27 bits per heavy atom. The van der Waals surface area contributed by atoms with Crippen molar-refractivity contribution in [3.63, 3.8) is 0 Å². The van der Waals surface area contributed by atoms with Crippen LogP contribution in [0.2, 0.25) is 0 Å². The Hall–Kier alpha value is -0.350. The number of nitrogens with zero attached hydrogens (tertiary/aromatic N) is 2. The summed E-state index contributed by atoms with van der Waals surface area (Å²) in [5, 5.41) is 0.262. The van der Waals surface area contributed by atoms with E-state index in [-0.39, 0.29) is 9.34 Å². The first-order valence-electron chi connectivity index (χ1n) is 3.75. The van der Waals surface area contributed by atoms with Crippen molar-refractivity contribution in [1.82, 2.24) is 4.98 Å². The molecule has 0 aliphatic heterocycles. The molecule has 0 amide bonds. The van der Waals surface area contributed by atoms with E-state index in [0.29, 0.717) is 0 Å². The van der Waals surface area contributed by atoms with E-state index in [9.17, 15) is 17.5 Å². The van der Waals surface area contributed by atoms with E-state index in [1.54, 1.807) is 0 Å². The second-order valence-corrected chi connectivity index (χ2v) is 8.41. The van der Waals surface area contributed by atoms with Gasteiger partial charge in [0.15, 0.2) is 9.84 Å². The molecule has 6 nitrogen and oxygen atoms in total. The molecule has 1 aromatic heterocycles. The maximum atomic E-state index is 11.2. The van der Waals surface area contributed by atoms with Gasteiger partial charge < -0.3 is 0 Å². The predicted molar refractivity (Wildman–Crippen MR) is 62.4 cm³/mol. The van der Waals surface area contributed by atoms with Gasteiger partial charge in [-0.05, 0) is 0 Å². The van der Waals surface area contributed by atoms with Crippen LogP contribution in [0.15, 0.2) is 10.4 Å². The third-order valence-electron chi connectivity index (χ3n) is 1.63. The van der Waals surface area contributed by atoms with Crippen LogP contribution < -0.4 is 4.31 Å². The predicted octanol–water partition coefficient (Wildman–Crippen LogP) is 1.28. The molecule has 0 saturated carbocycles. The lowest BCUT2D eigenvalue weighted by atomic mass is 11.0. The first-order valence-corrected chi connectivity index (χ1v) is 8.37. The van der Waals surface area contributed by atoms with E-state index in [0.717, 1.165) is 21.9 Å². The first-order chi connectivity index (χ1) is 6.62. The second-order valence-electron chi connectivity index (χ2n) is 3.02. The van der Waals surface area contributed by atoms with E-state index in [1.165, 1.54) is 19.5 Å². The van der Waals surface area contributed by atoms with Gasteiger partial charge in [-0.1, -0.05) is 11.3 Å². The van der Waals surface area contributed by atoms with Crippen LogP contribution in [0.3, 0.4) is 0 Å². The van der Waals surface area contributed by atoms with Crippen molar-refractivity contribution in [3.05, 3.63) is 6.20 Å². The molecule has 0 aliphatic rings. The average molecular weight is 272 g/mol. The van der Waals surface area contributed by atoms with Crippen molar-refractivity contribution in [3.8, 4) is 0 Å². The molecule has 0 unspecified atom stereocenters. The molecule has 0 radical (unpaired) electrons. The van der Waals surface area contributed by atoms with E-state index < -0.39 is 20.6 Å². The molecule has 0 atom stereocenters. The number of anilines is 1. The average Bonchev–Trinajstić information content (AvgIpc) is 2.47. The zero-order chi connectivity index (χ0) is 11.9. The van der Waals surface area contributed by atoms with Crippen LogP contribution in [-0.2, 0) is 9.84 Å². The van der Waals surface area contributed by atoms with Gasteiger partial charge in [-0.15, -0.1) is 10.8 Å². The molecule has 88 valence electrons. The topological polar surface area (TPSA) is 90.7 Å². The highest BCUT2D eigenvalue weighted by Gasteiger charge is 2.19. The lowest BCUT2D eigenvalue weighted by molar-refractivity contribution is 0.493. The van der Waals surface area contributed by atoms with Crippen LogP contribution in [0, 0.1) is 0 Å². The normalized spacial score (nSPS) is 13.9. The summed E-state index contributed by atoms with van der Waals surface area (Å²) in [5.74, 6) is 0. The monoisotopic (exact) mass is 272 g/mol. The Bertz CT molecular complexity index is 447. The van der Waals surface area contributed by atoms with Crippen molar-refractivity contribution in [2.75, 3.05) is 23.9 Å². The summed E-state index contributed by atoms with van der Waals surface area (Å²) >= 11 is 0.902. The molecular weight excluding hydrogens is 260 g/mol. The fraction of sp³-hybridized carbons (Fsp3) is 0.500. The second kappa shape index (κ2) is 3.91. The third-order valence-corrected chi connectivity index (χ3v) is 5.82.